The van der Waals surface area contributed by atoms with Gasteiger partial charge in [-0.2, -0.15) is 0 Å². The zero-order chi connectivity index (χ0) is 15.8. The number of piperidine rings is 2. The predicted octanol–water partition coefficient (Wildman–Crippen LogP) is 3.66. The fraction of sp³-hybridized carbons (Fsp3) is 0.611. The molecular formula is C18H24FN3S. The van der Waals surface area contributed by atoms with Gasteiger partial charge in [0, 0.05) is 29.9 Å². The van der Waals surface area contributed by atoms with Gasteiger partial charge in [-0.05, 0) is 75.0 Å². The average Bonchev–Trinajstić information content (AvgIpc) is 3.33. The summed E-state index contributed by atoms with van der Waals surface area (Å²) in [7, 11) is 0. The zero-order valence-corrected chi connectivity index (χ0v) is 14.1. The second-order valence-corrected chi connectivity index (χ2v) is 7.60. The minimum atomic E-state index is -0.227. The van der Waals surface area contributed by atoms with Crippen LogP contribution in [-0.2, 0) is 0 Å². The first kappa shape index (κ1) is 15.3. The summed E-state index contributed by atoms with van der Waals surface area (Å²) >= 11 is 5.45. The molecule has 3 nitrogen and oxygen atoms in total. The van der Waals surface area contributed by atoms with Crippen molar-refractivity contribution in [1.29, 1.82) is 0 Å². The summed E-state index contributed by atoms with van der Waals surface area (Å²) < 4.78 is 13.0. The van der Waals surface area contributed by atoms with Crippen LogP contribution in [0, 0.1) is 5.82 Å². The van der Waals surface area contributed by atoms with E-state index in [1.54, 1.807) is 12.1 Å². The molecule has 1 aliphatic carbocycles. The molecule has 0 radical (unpaired) electrons. The van der Waals surface area contributed by atoms with Crippen molar-refractivity contribution in [3.05, 3.63) is 30.1 Å². The van der Waals surface area contributed by atoms with Gasteiger partial charge in [-0.3, -0.25) is 4.90 Å². The summed E-state index contributed by atoms with van der Waals surface area (Å²) in [5, 5.41) is 7.31. The van der Waals surface area contributed by atoms with E-state index in [0.717, 1.165) is 23.8 Å². The highest BCUT2D eigenvalue weighted by Crippen LogP contribution is 2.41. The molecule has 2 aliphatic heterocycles. The summed E-state index contributed by atoms with van der Waals surface area (Å²) in [5.41, 5.74) is 0.833. The Labute approximate surface area is 142 Å². The number of nitrogens with one attached hydrogen (secondary N) is 2. The van der Waals surface area contributed by atoms with E-state index < -0.39 is 0 Å². The first-order valence-corrected chi connectivity index (χ1v) is 9.20. The van der Waals surface area contributed by atoms with Crippen LogP contribution >= 0.6 is 12.2 Å². The molecule has 2 heterocycles. The van der Waals surface area contributed by atoms with Crippen molar-refractivity contribution in [2.45, 2.75) is 69.1 Å². The smallest absolute Gasteiger partial charge is 0.170 e. The van der Waals surface area contributed by atoms with Crippen molar-refractivity contribution in [2.75, 3.05) is 5.32 Å². The molecule has 0 aromatic heterocycles. The summed E-state index contributed by atoms with van der Waals surface area (Å²) in [6, 6.07) is 9.13. The van der Waals surface area contributed by atoms with Crippen LogP contribution in [0.4, 0.5) is 10.1 Å². The maximum atomic E-state index is 13.0. The van der Waals surface area contributed by atoms with Crippen LogP contribution < -0.4 is 10.6 Å². The maximum Gasteiger partial charge on any atom is 0.170 e. The lowest BCUT2D eigenvalue weighted by Crippen LogP contribution is -2.57. The molecule has 2 saturated heterocycles. The van der Waals surface area contributed by atoms with Crippen LogP contribution in [0.15, 0.2) is 24.3 Å². The van der Waals surface area contributed by atoms with Gasteiger partial charge in [0.2, 0.25) is 0 Å². The van der Waals surface area contributed by atoms with E-state index in [2.05, 4.69) is 15.5 Å². The van der Waals surface area contributed by atoms with E-state index in [1.165, 1.54) is 57.1 Å². The molecule has 2 bridgehead atoms. The standard InChI is InChI=1S/C18H24FN3S/c19-12-4-6-13(7-5-12)20-18(23)21-14-10-16-2-1-3-17(11-14)22(16)15-8-9-15/h4-7,14-17H,1-3,8-11H2,(H2,20,21,23). The molecule has 4 rings (SSSR count). The van der Waals surface area contributed by atoms with Gasteiger partial charge >= 0.3 is 0 Å². The highest BCUT2D eigenvalue weighted by molar-refractivity contribution is 7.80. The SMILES string of the molecule is Fc1ccc(NC(=S)NC2CC3CCCC(C2)N3C2CC2)cc1. The van der Waals surface area contributed by atoms with Gasteiger partial charge in [0.1, 0.15) is 5.82 Å². The first-order valence-electron chi connectivity index (χ1n) is 8.79. The number of halogens is 1. The van der Waals surface area contributed by atoms with Crippen molar-refractivity contribution < 1.29 is 4.39 Å². The lowest BCUT2D eigenvalue weighted by molar-refractivity contribution is 0.0209. The number of nitrogens with zero attached hydrogens (tertiary/aromatic N) is 1. The number of anilines is 1. The lowest BCUT2D eigenvalue weighted by atomic mass is 9.81. The minimum absolute atomic E-state index is 0.227. The van der Waals surface area contributed by atoms with Crippen molar-refractivity contribution in [1.82, 2.24) is 10.2 Å². The molecule has 2 atom stereocenters. The molecular weight excluding hydrogens is 309 g/mol. The summed E-state index contributed by atoms with van der Waals surface area (Å²) in [4.78, 5) is 2.82. The van der Waals surface area contributed by atoms with Crippen LogP contribution in [0.5, 0.6) is 0 Å². The van der Waals surface area contributed by atoms with Crippen molar-refractivity contribution in [3.63, 3.8) is 0 Å². The Bertz CT molecular complexity index is 558. The zero-order valence-electron chi connectivity index (χ0n) is 13.3. The number of hydrogen-bond acceptors (Lipinski definition) is 2. The van der Waals surface area contributed by atoms with Crippen molar-refractivity contribution in [2.24, 2.45) is 0 Å². The third kappa shape index (κ3) is 3.50. The molecule has 124 valence electrons. The molecule has 2 unspecified atom stereocenters. The van der Waals surface area contributed by atoms with Crippen LogP contribution in [-0.4, -0.2) is 34.2 Å². The summed E-state index contributed by atoms with van der Waals surface area (Å²) in [5.74, 6) is -0.227. The fourth-order valence-electron chi connectivity index (χ4n) is 4.39. The molecule has 2 N–H and O–H groups in total. The minimum Gasteiger partial charge on any atom is -0.360 e. The Hall–Kier alpha value is -1.20. The molecule has 0 amide bonds. The number of benzene rings is 1. The quantitative estimate of drug-likeness (QED) is 0.826. The van der Waals surface area contributed by atoms with Crippen molar-refractivity contribution >= 4 is 23.0 Å². The van der Waals surface area contributed by atoms with Gasteiger partial charge in [0.05, 0.1) is 0 Å². The van der Waals surface area contributed by atoms with E-state index in [1.807, 2.05) is 0 Å². The van der Waals surface area contributed by atoms with Gasteiger partial charge in [-0.1, -0.05) is 6.42 Å². The molecule has 23 heavy (non-hydrogen) atoms. The van der Waals surface area contributed by atoms with E-state index in [9.17, 15) is 4.39 Å². The normalized spacial score (nSPS) is 30.7. The largest absolute Gasteiger partial charge is 0.360 e. The third-order valence-corrected chi connectivity index (χ3v) is 5.66. The van der Waals surface area contributed by atoms with Gasteiger partial charge in [-0.25, -0.2) is 4.39 Å². The van der Waals surface area contributed by atoms with Gasteiger partial charge < -0.3 is 10.6 Å². The van der Waals surface area contributed by atoms with Crippen molar-refractivity contribution in [3.8, 4) is 0 Å². The Balaban J connectivity index is 1.34. The van der Waals surface area contributed by atoms with E-state index in [4.69, 9.17) is 12.2 Å². The Morgan fingerprint density at radius 1 is 1.00 bits per heavy atom. The number of hydrogen-bond donors (Lipinski definition) is 2. The lowest BCUT2D eigenvalue weighted by Gasteiger charge is -2.49. The summed E-state index contributed by atoms with van der Waals surface area (Å²) in [6.07, 6.45) is 9.23. The predicted molar refractivity (Wildman–Crippen MR) is 95.1 cm³/mol. The monoisotopic (exact) mass is 333 g/mol. The van der Waals surface area contributed by atoms with Gasteiger partial charge in [0.25, 0.3) is 0 Å². The van der Waals surface area contributed by atoms with E-state index in [0.29, 0.717) is 11.2 Å². The molecule has 1 saturated carbocycles. The summed E-state index contributed by atoms with van der Waals surface area (Å²) in [6.45, 7) is 0. The van der Waals surface area contributed by atoms with Gasteiger partial charge in [-0.15, -0.1) is 0 Å². The topological polar surface area (TPSA) is 27.3 Å². The molecule has 1 aromatic rings. The Morgan fingerprint density at radius 3 is 2.26 bits per heavy atom. The second-order valence-electron chi connectivity index (χ2n) is 7.19. The number of thiocarbonyl (C=S) groups is 1. The molecule has 1 aromatic carbocycles. The molecule has 5 heteroatoms. The van der Waals surface area contributed by atoms with Crippen LogP contribution in [0.2, 0.25) is 0 Å². The first-order chi connectivity index (χ1) is 11.2. The van der Waals surface area contributed by atoms with Crippen LogP contribution in [0.25, 0.3) is 0 Å². The average molecular weight is 333 g/mol. The molecule has 3 aliphatic rings. The van der Waals surface area contributed by atoms with Crippen LogP contribution in [0.3, 0.4) is 0 Å². The van der Waals surface area contributed by atoms with Gasteiger partial charge in [0.15, 0.2) is 5.11 Å². The van der Waals surface area contributed by atoms with Crippen LogP contribution in [0.1, 0.15) is 44.9 Å². The molecule has 0 spiro atoms. The Morgan fingerprint density at radius 2 is 1.65 bits per heavy atom. The number of rotatable bonds is 3. The Kier molecular flexibility index (Phi) is 4.24. The van der Waals surface area contributed by atoms with E-state index >= 15 is 0 Å². The second kappa shape index (κ2) is 6.36. The fourth-order valence-corrected chi connectivity index (χ4v) is 4.67. The van der Waals surface area contributed by atoms with E-state index in [-0.39, 0.29) is 5.82 Å². The molecule has 3 fully saturated rings. The maximum absolute atomic E-state index is 13.0. The third-order valence-electron chi connectivity index (χ3n) is 5.44. The highest BCUT2D eigenvalue weighted by Gasteiger charge is 2.44. The highest BCUT2D eigenvalue weighted by atomic mass is 32.1. The number of fused-ring (bicyclic) bond motifs is 2.